The molecule has 9 nitrogen and oxygen atoms in total. The van der Waals surface area contributed by atoms with E-state index in [1.807, 2.05) is 36.4 Å². The van der Waals surface area contributed by atoms with E-state index in [0.29, 0.717) is 43.9 Å². The number of hydrogen-bond acceptors (Lipinski definition) is 6. The van der Waals surface area contributed by atoms with Crippen molar-refractivity contribution in [2.45, 2.75) is 114 Å². The fraction of sp³-hybridized carbons (Fsp3) is 0.658. The van der Waals surface area contributed by atoms with Crippen LogP contribution in [0.2, 0.25) is 0 Å². The molecule has 2 rings (SSSR count). The lowest BCUT2D eigenvalue weighted by Crippen LogP contribution is -2.36. The maximum Gasteiger partial charge on any atom is 0.223 e. The molecule has 0 aliphatic rings. The van der Waals surface area contributed by atoms with Crippen molar-refractivity contribution in [1.82, 2.24) is 25.9 Å². The van der Waals surface area contributed by atoms with Crippen molar-refractivity contribution in [2.24, 2.45) is 41.2 Å². The lowest BCUT2D eigenvalue weighted by Gasteiger charge is -2.19. The predicted molar refractivity (Wildman–Crippen MR) is 194 cm³/mol. The third-order valence-electron chi connectivity index (χ3n) is 8.01. The Hall–Kier alpha value is -3.33. The molecule has 0 aromatic carbocycles. The molecule has 9 heteroatoms. The molecule has 0 unspecified atom stereocenters. The summed E-state index contributed by atoms with van der Waals surface area (Å²) < 4.78 is 0. The number of carbonyl (C=O) groups excluding carboxylic acids is 3. The number of nitrogens with zero attached hydrogens (tertiary/aromatic N) is 2. The Labute approximate surface area is 286 Å². The molecule has 0 fully saturated rings. The van der Waals surface area contributed by atoms with Crippen LogP contribution in [-0.2, 0) is 27.5 Å². The number of carbonyl (C=O) groups is 3. The van der Waals surface area contributed by atoms with Crippen LogP contribution in [0.3, 0.4) is 0 Å². The molecule has 0 saturated heterocycles. The summed E-state index contributed by atoms with van der Waals surface area (Å²) in [6, 6.07) is 11.5. The van der Waals surface area contributed by atoms with Gasteiger partial charge in [0.2, 0.25) is 17.7 Å². The Kier molecular flexibility index (Phi) is 24.8. The van der Waals surface area contributed by atoms with Gasteiger partial charge >= 0.3 is 0 Å². The molecule has 2 heterocycles. The van der Waals surface area contributed by atoms with Crippen LogP contribution in [-0.4, -0.2) is 40.8 Å². The first-order valence-electron chi connectivity index (χ1n) is 17.8. The van der Waals surface area contributed by atoms with Gasteiger partial charge in [-0.2, -0.15) is 0 Å². The predicted octanol–water partition coefficient (Wildman–Crippen LogP) is 6.67. The highest BCUT2D eigenvalue weighted by Gasteiger charge is 2.22. The number of nitrogens with one attached hydrogen (secondary N) is 3. The van der Waals surface area contributed by atoms with Crippen molar-refractivity contribution < 1.29 is 14.4 Å². The average molecular weight is 655 g/mol. The van der Waals surface area contributed by atoms with Crippen molar-refractivity contribution in [3.8, 4) is 0 Å². The highest BCUT2D eigenvalue weighted by atomic mass is 16.2. The van der Waals surface area contributed by atoms with E-state index < -0.39 is 0 Å². The SMILES string of the molecule is CCC[C@@H](C(=O)NCc1ccccn1)C(C)C.CCC[C@H](C(=O)NCCN)C(C)C.CCC[C@H](C(=O)NCc1ccccn1)C(C)C. The molecule has 0 aliphatic heterocycles. The second-order valence-electron chi connectivity index (χ2n) is 13.1. The minimum absolute atomic E-state index is 0.115. The van der Waals surface area contributed by atoms with Crippen molar-refractivity contribution in [1.29, 1.82) is 0 Å². The molecule has 2 aromatic rings. The van der Waals surface area contributed by atoms with Crippen LogP contribution in [0.25, 0.3) is 0 Å². The second kappa shape index (κ2) is 26.7. The van der Waals surface area contributed by atoms with E-state index in [2.05, 4.69) is 88.2 Å². The molecular weight excluding hydrogens is 588 g/mol. The van der Waals surface area contributed by atoms with Crippen LogP contribution in [0, 0.1) is 35.5 Å². The Morgan fingerprint density at radius 2 is 0.936 bits per heavy atom. The summed E-state index contributed by atoms with van der Waals surface area (Å²) in [5.74, 6) is 2.02. The van der Waals surface area contributed by atoms with Gasteiger partial charge in [0.1, 0.15) is 0 Å². The summed E-state index contributed by atoms with van der Waals surface area (Å²) >= 11 is 0. The highest BCUT2D eigenvalue weighted by Crippen LogP contribution is 2.19. The topological polar surface area (TPSA) is 139 Å². The molecular formula is C38H66N6O3. The zero-order chi connectivity index (χ0) is 35.6. The zero-order valence-corrected chi connectivity index (χ0v) is 30.9. The van der Waals surface area contributed by atoms with Gasteiger partial charge in [-0.25, -0.2) is 0 Å². The number of aromatic nitrogens is 2. The second-order valence-corrected chi connectivity index (χ2v) is 13.1. The Balaban J connectivity index is 0.000000684. The van der Waals surface area contributed by atoms with Gasteiger partial charge in [-0.1, -0.05) is 93.7 Å². The fourth-order valence-electron chi connectivity index (χ4n) is 5.18. The normalized spacial score (nSPS) is 12.6. The van der Waals surface area contributed by atoms with Crippen LogP contribution in [0.4, 0.5) is 0 Å². The monoisotopic (exact) mass is 655 g/mol. The molecule has 0 bridgehead atoms. The van der Waals surface area contributed by atoms with Gasteiger partial charge in [0.25, 0.3) is 0 Å². The van der Waals surface area contributed by atoms with Crippen molar-refractivity contribution in [2.75, 3.05) is 13.1 Å². The van der Waals surface area contributed by atoms with Crippen LogP contribution in [0.15, 0.2) is 48.8 Å². The standard InChI is InChI=1S/2C14H22N2O.C10H22N2O/c2*1-4-7-13(11(2)3)14(17)16-10-12-8-5-6-9-15-12;1-4-5-9(8(2)3)10(13)12-7-6-11/h2*5-6,8-9,11,13H,4,7,10H2,1-3H3,(H,16,17);8-9H,4-7,11H2,1-3H3,(H,12,13)/t2*13-;9-/m100/s1. The Bertz CT molecular complexity index is 1010. The van der Waals surface area contributed by atoms with Crippen molar-refractivity contribution in [3.05, 3.63) is 60.2 Å². The molecule has 3 atom stereocenters. The highest BCUT2D eigenvalue weighted by molar-refractivity contribution is 5.79. The quantitative estimate of drug-likeness (QED) is 0.142. The minimum Gasteiger partial charge on any atom is -0.355 e. The summed E-state index contributed by atoms with van der Waals surface area (Å²) in [4.78, 5) is 44.0. The summed E-state index contributed by atoms with van der Waals surface area (Å²) in [5.41, 5.74) is 7.12. The molecule has 0 aliphatic carbocycles. The number of rotatable bonds is 18. The Morgan fingerprint density at radius 1 is 0.596 bits per heavy atom. The van der Waals surface area contributed by atoms with Gasteiger partial charge < -0.3 is 21.7 Å². The summed E-state index contributed by atoms with van der Waals surface area (Å²) in [6.45, 7) is 21.0. The Morgan fingerprint density at radius 3 is 1.19 bits per heavy atom. The largest absolute Gasteiger partial charge is 0.355 e. The van der Waals surface area contributed by atoms with Crippen molar-refractivity contribution in [3.63, 3.8) is 0 Å². The van der Waals surface area contributed by atoms with Gasteiger partial charge in [-0.15, -0.1) is 0 Å². The van der Waals surface area contributed by atoms with Gasteiger partial charge in [-0.05, 0) is 61.3 Å². The molecule has 0 spiro atoms. The summed E-state index contributed by atoms with van der Waals surface area (Å²) in [7, 11) is 0. The third kappa shape index (κ3) is 19.8. The van der Waals surface area contributed by atoms with E-state index in [1.165, 1.54) is 0 Å². The molecule has 5 N–H and O–H groups in total. The van der Waals surface area contributed by atoms with Gasteiger partial charge in [0.15, 0.2) is 0 Å². The van der Waals surface area contributed by atoms with Crippen LogP contribution in [0.5, 0.6) is 0 Å². The minimum atomic E-state index is 0.115. The maximum atomic E-state index is 12.0. The lowest BCUT2D eigenvalue weighted by molar-refractivity contribution is -0.127. The van der Waals surface area contributed by atoms with Gasteiger partial charge in [-0.3, -0.25) is 24.4 Å². The first kappa shape index (κ1) is 43.7. The fourth-order valence-corrected chi connectivity index (χ4v) is 5.18. The van der Waals surface area contributed by atoms with E-state index in [9.17, 15) is 14.4 Å². The van der Waals surface area contributed by atoms with Gasteiger partial charge in [0, 0.05) is 43.2 Å². The summed E-state index contributed by atoms with van der Waals surface area (Å²) in [6.07, 6.45) is 9.49. The van der Waals surface area contributed by atoms with E-state index in [4.69, 9.17) is 5.73 Å². The zero-order valence-electron chi connectivity index (χ0n) is 30.9. The van der Waals surface area contributed by atoms with Gasteiger partial charge in [0.05, 0.1) is 24.5 Å². The smallest absolute Gasteiger partial charge is 0.223 e. The molecule has 266 valence electrons. The molecule has 3 amide bonds. The van der Waals surface area contributed by atoms with E-state index >= 15 is 0 Å². The van der Waals surface area contributed by atoms with E-state index in [-0.39, 0.29) is 35.5 Å². The lowest BCUT2D eigenvalue weighted by atomic mass is 9.90. The molecule has 2 aromatic heterocycles. The van der Waals surface area contributed by atoms with E-state index in [1.54, 1.807) is 12.4 Å². The number of nitrogens with two attached hydrogens (primary N) is 1. The van der Waals surface area contributed by atoms with Crippen LogP contribution < -0.4 is 21.7 Å². The molecule has 0 saturated carbocycles. The first-order chi connectivity index (χ1) is 22.4. The average Bonchev–Trinajstić information content (AvgIpc) is 3.06. The van der Waals surface area contributed by atoms with Crippen LogP contribution in [0.1, 0.15) is 112 Å². The summed E-state index contributed by atoms with van der Waals surface area (Å²) in [5, 5.41) is 8.76. The maximum absolute atomic E-state index is 12.0. The van der Waals surface area contributed by atoms with Crippen LogP contribution >= 0.6 is 0 Å². The number of pyridine rings is 2. The molecule has 0 radical (unpaired) electrons. The molecule has 47 heavy (non-hydrogen) atoms. The van der Waals surface area contributed by atoms with Crippen molar-refractivity contribution >= 4 is 17.7 Å². The third-order valence-corrected chi connectivity index (χ3v) is 8.01. The number of hydrogen-bond donors (Lipinski definition) is 4. The first-order valence-corrected chi connectivity index (χ1v) is 17.8. The van der Waals surface area contributed by atoms with E-state index in [0.717, 1.165) is 49.9 Å². The number of amides is 3.